The molecule has 27 heavy (non-hydrogen) atoms. The molecule has 0 atom stereocenters. The number of hydrogen-bond donors (Lipinski definition) is 1. The van der Waals surface area contributed by atoms with Crippen LogP contribution < -0.4 is 10.1 Å². The largest absolute Gasteiger partial charge is 0.484 e. The van der Waals surface area contributed by atoms with Gasteiger partial charge in [0.1, 0.15) is 5.75 Å². The van der Waals surface area contributed by atoms with Crippen molar-refractivity contribution in [2.75, 3.05) is 45.9 Å². The first kappa shape index (κ1) is 19.0. The van der Waals surface area contributed by atoms with E-state index in [-0.39, 0.29) is 18.4 Å². The Morgan fingerprint density at radius 1 is 1.11 bits per heavy atom. The number of nitrogens with one attached hydrogen (secondary N) is 1. The molecule has 0 unspecified atom stereocenters. The van der Waals surface area contributed by atoms with Crippen LogP contribution in [0.3, 0.4) is 0 Å². The smallest absolute Gasteiger partial charge is 0.289 e. The summed E-state index contributed by atoms with van der Waals surface area (Å²) in [5, 5.41) is 2.87. The van der Waals surface area contributed by atoms with Crippen LogP contribution >= 0.6 is 0 Å². The van der Waals surface area contributed by atoms with Crippen molar-refractivity contribution in [3.8, 4) is 5.75 Å². The molecule has 144 valence electrons. The number of ether oxygens (including phenoxy) is 1. The maximum Gasteiger partial charge on any atom is 0.289 e. The van der Waals surface area contributed by atoms with Gasteiger partial charge >= 0.3 is 0 Å². The molecule has 1 aromatic carbocycles. The van der Waals surface area contributed by atoms with Gasteiger partial charge in [-0.25, -0.2) is 0 Å². The van der Waals surface area contributed by atoms with Crippen LogP contribution in [0.4, 0.5) is 0 Å². The molecule has 2 aromatic rings. The number of aryl methyl sites for hydroxylation is 1. The summed E-state index contributed by atoms with van der Waals surface area (Å²) in [4.78, 5) is 28.1. The fourth-order valence-corrected chi connectivity index (χ4v) is 2.92. The van der Waals surface area contributed by atoms with Gasteiger partial charge in [0.25, 0.3) is 11.8 Å². The van der Waals surface area contributed by atoms with Gasteiger partial charge in [0, 0.05) is 39.3 Å². The van der Waals surface area contributed by atoms with E-state index in [0.717, 1.165) is 25.2 Å². The van der Waals surface area contributed by atoms with Gasteiger partial charge < -0.3 is 19.4 Å². The van der Waals surface area contributed by atoms with Gasteiger partial charge in [-0.2, -0.15) is 0 Å². The van der Waals surface area contributed by atoms with Crippen molar-refractivity contribution < 1.29 is 18.7 Å². The van der Waals surface area contributed by atoms with Gasteiger partial charge in [-0.1, -0.05) is 17.7 Å². The molecule has 0 spiro atoms. The fraction of sp³-hybridized carbons (Fsp3) is 0.400. The van der Waals surface area contributed by atoms with E-state index < -0.39 is 0 Å². The second-order valence-corrected chi connectivity index (χ2v) is 6.56. The lowest BCUT2D eigenvalue weighted by Crippen LogP contribution is -2.50. The molecule has 1 fully saturated rings. The lowest BCUT2D eigenvalue weighted by molar-refractivity contribution is -0.123. The number of nitrogens with zero attached hydrogens (tertiary/aromatic N) is 2. The third-order valence-electron chi connectivity index (χ3n) is 4.53. The summed E-state index contributed by atoms with van der Waals surface area (Å²) in [6.07, 6.45) is 1.51. The van der Waals surface area contributed by atoms with Crippen LogP contribution in [0.15, 0.2) is 47.1 Å². The van der Waals surface area contributed by atoms with E-state index in [4.69, 9.17) is 9.15 Å². The summed E-state index contributed by atoms with van der Waals surface area (Å²) in [7, 11) is 0. The van der Waals surface area contributed by atoms with Crippen LogP contribution in [-0.4, -0.2) is 67.5 Å². The van der Waals surface area contributed by atoms with E-state index in [2.05, 4.69) is 10.2 Å². The lowest BCUT2D eigenvalue weighted by Gasteiger charge is -2.34. The first-order valence-corrected chi connectivity index (χ1v) is 9.13. The van der Waals surface area contributed by atoms with Gasteiger partial charge in [-0.15, -0.1) is 0 Å². The highest BCUT2D eigenvalue weighted by Gasteiger charge is 2.23. The Balaban J connectivity index is 1.30. The zero-order chi connectivity index (χ0) is 19.1. The highest BCUT2D eigenvalue weighted by atomic mass is 16.5. The lowest BCUT2D eigenvalue weighted by atomic mass is 10.2. The minimum atomic E-state index is -0.137. The van der Waals surface area contributed by atoms with E-state index in [0.29, 0.717) is 31.1 Å². The summed E-state index contributed by atoms with van der Waals surface area (Å²) >= 11 is 0. The van der Waals surface area contributed by atoms with E-state index in [1.54, 1.807) is 17.0 Å². The van der Waals surface area contributed by atoms with Crippen molar-refractivity contribution in [3.05, 3.63) is 54.0 Å². The van der Waals surface area contributed by atoms with Crippen molar-refractivity contribution in [1.29, 1.82) is 0 Å². The summed E-state index contributed by atoms with van der Waals surface area (Å²) in [5.74, 6) is 0.862. The first-order chi connectivity index (χ1) is 13.1. The number of rotatable bonds is 7. The molecule has 2 amide bonds. The molecule has 7 heteroatoms. The minimum Gasteiger partial charge on any atom is -0.484 e. The monoisotopic (exact) mass is 371 g/mol. The van der Waals surface area contributed by atoms with Gasteiger partial charge in [-0.3, -0.25) is 14.5 Å². The summed E-state index contributed by atoms with van der Waals surface area (Å²) in [5.41, 5.74) is 1.15. The number of benzene rings is 1. The van der Waals surface area contributed by atoms with Gasteiger partial charge in [0.05, 0.1) is 6.26 Å². The molecule has 1 aliphatic heterocycles. The maximum absolute atomic E-state index is 12.2. The Kier molecular flexibility index (Phi) is 6.49. The van der Waals surface area contributed by atoms with Crippen molar-refractivity contribution in [1.82, 2.24) is 15.1 Å². The molecule has 0 radical (unpaired) electrons. The van der Waals surface area contributed by atoms with Crippen LogP contribution in [0.5, 0.6) is 5.75 Å². The molecule has 1 saturated heterocycles. The molecule has 1 N–H and O–H groups in total. The Bertz CT molecular complexity index is 735. The predicted molar refractivity (Wildman–Crippen MR) is 101 cm³/mol. The molecule has 7 nitrogen and oxygen atoms in total. The van der Waals surface area contributed by atoms with Gasteiger partial charge in [0.2, 0.25) is 0 Å². The molecular formula is C20H25N3O4. The SMILES string of the molecule is Cc1ccc(OCC(=O)NCCN2CCN(C(=O)c3ccco3)CC2)cc1. The molecule has 2 heterocycles. The Morgan fingerprint density at radius 3 is 2.52 bits per heavy atom. The number of piperazine rings is 1. The topological polar surface area (TPSA) is 75.0 Å². The Labute approximate surface area is 158 Å². The number of carbonyl (C=O) groups is 2. The van der Waals surface area contributed by atoms with Crippen LogP contribution in [0.1, 0.15) is 16.1 Å². The van der Waals surface area contributed by atoms with Gasteiger partial charge in [0.15, 0.2) is 12.4 Å². The van der Waals surface area contributed by atoms with Gasteiger partial charge in [-0.05, 0) is 31.2 Å². The number of amides is 2. The molecule has 3 rings (SSSR count). The van der Waals surface area contributed by atoms with E-state index in [9.17, 15) is 9.59 Å². The van der Waals surface area contributed by atoms with Crippen LogP contribution in [0.2, 0.25) is 0 Å². The van der Waals surface area contributed by atoms with Crippen LogP contribution in [-0.2, 0) is 4.79 Å². The molecule has 0 aliphatic carbocycles. The van der Waals surface area contributed by atoms with E-state index in [1.165, 1.54) is 6.26 Å². The number of carbonyl (C=O) groups excluding carboxylic acids is 2. The highest BCUT2D eigenvalue weighted by molar-refractivity contribution is 5.91. The van der Waals surface area contributed by atoms with E-state index in [1.807, 2.05) is 31.2 Å². The zero-order valence-electron chi connectivity index (χ0n) is 15.5. The zero-order valence-corrected chi connectivity index (χ0v) is 15.5. The van der Waals surface area contributed by atoms with Crippen molar-refractivity contribution in [3.63, 3.8) is 0 Å². The molecule has 0 bridgehead atoms. The fourth-order valence-electron chi connectivity index (χ4n) is 2.92. The minimum absolute atomic E-state index is 0.00842. The van der Waals surface area contributed by atoms with Crippen LogP contribution in [0.25, 0.3) is 0 Å². The predicted octanol–water partition coefficient (Wildman–Crippen LogP) is 1.54. The second kappa shape index (κ2) is 9.23. The summed E-state index contributed by atoms with van der Waals surface area (Å²) < 4.78 is 10.6. The van der Waals surface area contributed by atoms with Crippen molar-refractivity contribution in [2.24, 2.45) is 0 Å². The summed E-state index contributed by atoms with van der Waals surface area (Å²) in [6, 6.07) is 11.0. The molecule has 1 aliphatic rings. The quantitative estimate of drug-likeness (QED) is 0.799. The molecular weight excluding hydrogens is 346 g/mol. The number of furan rings is 1. The highest BCUT2D eigenvalue weighted by Crippen LogP contribution is 2.11. The second-order valence-electron chi connectivity index (χ2n) is 6.56. The normalized spacial score (nSPS) is 14.8. The standard InChI is InChI=1S/C20H25N3O4/c1-16-4-6-17(7-5-16)27-15-19(24)21-8-9-22-10-12-23(13-11-22)20(25)18-3-2-14-26-18/h2-7,14H,8-13,15H2,1H3,(H,21,24). The molecule has 0 saturated carbocycles. The summed E-state index contributed by atoms with van der Waals surface area (Å²) in [6.45, 7) is 6.19. The average molecular weight is 371 g/mol. The molecule has 1 aromatic heterocycles. The first-order valence-electron chi connectivity index (χ1n) is 9.13. The maximum atomic E-state index is 12.2. The number of hydrogen-bond acceptors (Lipinski definition) is 5. The Hall–Kier alpha value is -2.80. The van der Waals surface area contributed by atoms with Crippen LogP contribution in [0, 0.1) is 6.92 Å². The van der Waals surface area contributed by atoms with Crippen molar-refractivity contribution in [2.45, 2.75) is 6.92 Å². The third-order valence-corrected chi connectivity index (χ3v) is 4.53. The van der Waals surface area contributed by atoms with Crippen molar-refractivity contribution >= 4 is 11.8 Å². The Morgan fingerprint density at radius 2 is 1.85 bits per heavy atom. The third kappa shape index (κ3) is 5.59. The van der Waals surface area contributed by atoms with E-state index >= 15 is 0 Å². The average Bonchev–Trinajstić information content (AvgIpc) is 3.22.